The quantitative estimate of drug-likeness (QED) is 0.671. The largest absolute Gasteiger partial charge is 0.428 e. The third kappa shape index (κ3) is 5.09. The van der Waals surface area contributed by atoms with Crippen molar-refractivity contribution < 1.29 is 12.8 Å². The molecule has 132 valence electrons. The minimum absolute atomic E-state index is 0.00923. The predicted molar refractivity (Wildman–Crippen MR) is 95.7 cm³/mol. The molecule has 0 fully saturated rings. The van der Waals surface area contributed by atoms with Crippen molar-refractivity contribution in [2.24, 2.45) is 0 Å². The molecule has 6 heteroatoms. The molecule has 0 aliphatic heterocycles. The fourth-order valence-electron chi connectivity index (χ4n) is 2.49. The molecule has 24 heavy (non-hydrogen) atoms. The van der Waals surface area contributed by atoms with Gasteiger partial charge in [-0.2, -0.15) is 4.98 Å². The minimum Gasteiger partial charge on any atom is -0.428 e. The third-order valence-electron chi connectivity index (χ3n) is 4.03. The number of hydrogen-bond donors (Lipinski definition) is 1. The molecule has 0 amide bonds. The number of anilines is 1. The zero-order valence-electron chi connectivity index (χ0n) is 14.6. The lowest BCUT2D eigenvalue weighted by atomic mass is 10.1. The van der Waals surface area contributed by atoms with Gasteiger partial charge in [-0.05, 0) is 44.4 Å². The first-order valence-electron chi connectivity index (χ1n) is 8.48. The van der Waals surface area contributed by atoms with Crippen LogP contribution in [0.5, 0.6) is 0 Å². The standard InChI is InChI=1S/C18H26N2O3S/c1-4-5-6-7-8-10-16-11-9-12-17(13-16)24(21,22)20-18-19-14(2)15(3)23-18/h9,11-13H,4-8,10H2,1-3H3,(H,19,20). The van der Waals surface area contributed by atoms with E-state index in [0.717, 1.165) is 18.4 Å². The average Bonchev–Trinajstić information content (AvgIpc) is 2.84. The molecule has 1 N–H and O–H groups in total. The van der Waals surface area contributed by atoms with Crippen LogP contribution in [0.15, 0.2) is 33.6 Å². The van der Waals surface area contributed by atoms with Gasteiger partial charge in [-0.1, -0.05) is 44.7 Å². The summed E-state index contributed by atoms with van der Waals surface area (Å²) in [6.45, 7) is 5.72. The van der Waals surface area contributed by atoms with Crippen molar-refractivity contribution in [3.8, 4) is 0 Å². The molecule has 0 radical (unpaired) electrons. The van der Waals surface area contributed by atoms with E-state index in [9.17, 15) is 8.42 Å². The van der Waals surface area contributed by atoms with Gasteiger partial charge in [0.2, 0.25) is 0 Å². The van der Waals surface area contributed by atoms with E-state index in [1.54, 1.807) is 32.0 Å². The maximum Gasteiger partial charge on any atom is 0.309 e. The molecule has 2 aromatic rings. The summed E-state index contributed by atoms with van der Waals surface area (Å²) < 4.78 is 32.7. The number of aryl methyl sites for hydroxylation is 3. The molecule has 0 atom stereocenters. The molecule has 1 heterocycles. The van der Waals surface area contributed by atoms with Crippen LogP contribution in [0.4, 0.5) is 6.01 Å². The highest BCUT2D eigenvalue weighted by Gasteiger charge is 2.18. The molecule has 2 rings (SSSR count). The van der Waals surface area contributed by atoms with E-state index in [1.807, 2.05) is 6.07 Å². The van der Waals surface area contributed by atoms with Crippen LogP contribution in [0, 0.1) is 13.8 Å². The SMILES string of the molecule is CCCCCCCc1cccc(S(=O)(=O)Nc2nc(C)c(C)o2)c1. The molecule has 0 aliphatic rings. The van der Waals surface area contributed by atoms with E-state index in [2.05, 4.69) is 16.6 Å². The van der Waals surface area contributed by atoms with Crippen molar-refractivity contribution in [2.45, 2.75) is 64.2 Å². The Morgan fingerprint density at radius 1 is 1.12 bits per heavy atom. The van der Waals surface area contributed by atoms with Crippen molar-refractivity contribution in [3.63, 3.8) is 0 Å². The summed E-state index contributed by atoms with van der Waals surface area (Å²) in [6.07, 6.45) is 6.86. The van der Waals surface area contributed by atoms with Gasteiger partial charge in [0.1, 0.15) is 5.76 Å². The lowest BCUT2D eigenvalue weighted by Crippen LogP contribution is -2.13. The average molecular weight is 350 g/mol. The molecule has 1 aromatic heterocycles. The van der Waals surface area contributed by atoms with Crippen molar-refractivity contribution in [2.75, 3.05) is 4.72 Å². The summed E-state index contributed by atoms with van der Waals surface area (Å²) >= 11 is 0. The highest BCUT2D eigenvalue weighted by atomic mass is 32.2. The Morgan fingerprint density at radius 2 is 1.88 bits per heavy atom. The maximum atomic E-state index is 12.5. The molecule has 5 nitrogen and oxygen atoms in total. The van der Waals surface area contributed by atoms with Gasteiger partial charge in [0.15, 0.2) is 0 Å². The van der Waals surface area contributed by atoms with Crippen LogP contribution < -0.4 is 4.72 Å². The lowest BCUT2D eigenvalue weighted by molar-refractivity contribution is 0.541. The first kappa shape index (κ1) is 18.5. The van der Waals surface area contributed by atoms with Crippen LogP contribution in [0.1, 0.15) is 56.0 Å². The molecule has 0 saturated carbocycles. The number of benzene rings is 1. The molecular formula is C18H26N2O3S. The van der Waals surface area contributed by atoms with E-state index in [4.69, 9.17) is 4.42 Å². The fraction of sp³-hybridized carbons (Fsp3) is 0.500. The van der Waals surface area contributed by atoms with Crippen LogP contribution in [0.2, 0.25) is 0 Å². The topological polar surface area (TPSA) is 72.2 Å². The number of rotatable bonds is 9. The molecule has 0 spiro atoms. The Labute approximate surface area is 144 Å². The molecule has 0 bridgehead atoms. The summed E-state index contributed by atoms with van der Waals surface area (Å²) in [4.78, 5) is 4.30. The molecule has 0 saturated heterocycles. The summed E-state index contributed by atoms with van der Waals surface area (Å²) in [5, 5.41) is 0. The van der Waals surface area contributed by atoms with Gasteiger partial charge in [0, 0.05) is 0 Å². The number of hydrogen-bond acceptors (Lipinski definition) is 4. The second-order valence-electron chi connectivity index (χ2n) is 6.08. The third-order valence-corrected chi connectivity index (χ3v) is 5.35. The van der Waals surface area contributed by atoms with Crippen LogP contribution in [0.3, 0.4) is 0 Å². The Bertz CT molecular complexity index is 747. The minimum atomic E-state index is -3.68. The number of sulfonamides is 1. The first-order chi connectivity index (χ1) is 11.4. The predicted octanol–water partition coefficient (Wildman–Crippen LogP) is 4.61. The Balaban J connectivity index is 2.03. The zero-order chi connectivity index (χ0) is 17.6. The smallest absolute Gasteiger partial charge is 0.309 e. The second kappa shape index (κ2) is 8.33. The van der Waals surface area contributed by atoms with Crippen LogP contribution in [0.25, 0.3) is 0 Å². The first-order valence-corrected chi connectivity index (χ1v) is 9.96. The van der Waals surface area contributed by atoms with Gasteiger partial charge in [-0.15, -0.1) is 0 Å². The number of unbranched alkanes of at least 4 members (excludes halogenated alkanes) is 4. The normalized spacial score (nSPS) is 11.6. The second-order valence-corrected chi connectivity index (χ2v) is 7.76. The molecule has 0 aliphatic carbocycles. The number of nitrogens with zero attached hydrogens (tertiary/aromatic N) is 1. The van der Waals surface area contributed by atoms with E-state index >= 15 is 0 Å². The number of nitrogens with one attached hydrogen (secondary N) is 1. The van der Waals surface area contributed by atoms with Crippen LogP contribution in [-0.2, 0) is 16.4 Å². The Kier molecular flexibility index (Phi) is 6.43. The van der Waals surface area contributed by atoms with E-state index in [-0.39, 0.29) is 10.9 Å². The summed E-state index contributed by atoms with van der Waals surface area (Å²) in [6, 6.07) is 7.08. The van der Waals surface area contributed by atoms with Crippen molar-refractivity contribution in [1.82, 2.24) is 4.98 Å². The van der Waals surface area contributed by atoms with Crippen molar-refractivity contribution in [1.29, 1.82) is 0 Å². The van der Waals surface area contributed by atoms with Gasteiger partial charge in [0.05, 0.1) is 10.6 Å². The van der Waals surface area contributed by atoms with Crippen LogP contribution in [-0.4, -0.2) is 13.4 Å². The summed E-state index contributed by atoms with van der Waals surface area (Å²) in [5.74, 6) is 0.605. The molecule has 0 unspecified atom stereocenters. The van der Waals surface area contributed by atoms with E-state index in [0.29, 0.717) is 11.5 Å². The van der Waals surface area contributed by atoms with Crippen LogP contribution >= 0.6 is 0 Å². The van der Waals surface area contributed by atoms with Gasteiger partial charge >= 0.3 is 6.01 Å². The van der Waals surface area contributed by atoms with Gasteiger partial charge in [-0.25, -0.2) is 13.1 Å². The lowest BCUT2D eigenvalue weighted by Gasteiger charge is -2.07. The van der Waals surface area contributed by atoms with Gasteiger partial charge < -0.3 is 4.42 Å². The number of oxazole rings is 1. The highest BCUT2D eigenvalue weighted by Crippen LogP contribution is 2.19. The van der Waals surface area contributed by atoms with E-state index < -0.39 is 10.0 Å². The maximum absolute atomic E-state index is 12.5. The van der Waals surface area contributed by atoms with Crippen molar-refractivity contribution in [3.05, 3.63) is 41.3 Å². The van der Waals surface area contributed by atoms with Gasteiger partial charge in [-0.3, -0.25) is 0 Å². The Hall–Kier alpha value is -1.82. The van der Waals surface area contributed by atoms with Gasteiger partial charge in [0.25, 0.3) is 10.0 Å². The van der Waals surface area contributed by atoms with Crippen molar-refractivity contribution >= 4 is 16.0 Å². The summed E-state index contributed by atoms with van der Waals surface area (Å²) in [7, 11) is -3.68. The Morgan fingerprint density at radius 3 is 2.54 bits per heavy atom. The zero-order valence-corrected chi connectivity index (χ0v) is 15.4. The summed E-state index contributed by atoms with van der Waals surface area (Å²) in [5.41, 5.74) is 1.71. The number of aromatic nitrogens is 1. The molecule has 1 aromatic carbocycles. The monoisotopic (exact) mass is 350 g/mol. The fourth-order valence-corrected chi connectivity index (χ4v) is 3.49. The highest BCUT2D eigenvalue weighted by molar-refractivity contribution is 7.92. The van der Waals surface area contributed by atoms with E-state index in [1.165, 1.54) is 25.7 Å². The molecular weight excluding hydrogens is 324 g/mol.